The van der Waals surface area contributed by atoms with Gasteiger partial charge in [0.25, 0.3) is 0 Å². The van der Waals surface area contributed by atoms with Crippen LogP contribution >= 0.6 is 11.6 Å². The Bertz CT molecular complexity index is 1340. The average Bonchev–Trinajstić information content (AvgIpc) is 3.20. The second kappa shape index (κ2) is 10.2. The summed E-state index contributed by atoms with van der Waals surface area (Å²) >= 11 is 6.19. The first-order valence-electron chi connectivity index (χ1n) is 11.9. The molecule has 1 aromatic carbocycles. The summed E-state index contributed by atoms with van der Waals surface area (Å²) in [6.45, 7) is 3.76. The fraction of sp³-hybridized carbons (Fsp3) is 0.320. The maximum absolute atomic E-state index is 13.9. The Balaban J connectivity index is 1.51. The summed E-state index contributed by atoms with van der Waals surface area (Å²) in [7, 11) is 1.75. The molecular weight excluding hydrogens is 499 g/mol. The zero-order chi connectivity index (χ0) is 26.1. The standard InChI is InChI=1S/C25H26ClFN8O2/c1-3-21(36)29-17-5-4-6-19(11-17)35-23-15(13-34(25(35)37)18-9-7-16(27)8-10-18)12-28-24(31-23)30-20-14-33(2)32-22(20)26/h3,7-10,12,14,17,19H,1,4-6,11,13H2,2H3,(H,29,36)(H,28,30,31). The van der Waals surface area contributed by atoms with Crippen LogP contribution in [0.25, 0.3) is 0 Å². The number of hydrogen-bond acceptors (Lipinski definition) is 6. The van der Waals surface area contributed by atoms with E-state index in [1.54, 1.807) is 46.1 Å². The molecule has 0 radical (unpaired) electrons. The van der Waals surface area contributed by atoms with Crippen LogP contribution in [0.2, 0.25) is 5.15 Å². The number of nitrogens with zero attached hydrogens (tertiary/aromatic N) is 6. The summed E-state index contributed by atoms with van der Waals surface area (Å²) in [5.74, 6) is 0.133. The molecule has 2 aliphatic rings. The lowest BCUT2D eigenvalue weighted by Gasteiger charge is -2.43. The molecule has 1 aliphatic heterocycles. The van der Waals surface area contributed by atoms with E-state index in [1.807, 2.05) is 0 Å². The van der Waals surface area contributed by atoms with Crippen LogP contribution in [0.4, 0.5) is 32.3 Å². The molecule has 37 heavy (non-hydrogen) atoms. The molecule has 192 valence electrons. The van der Waals surface area contributed by atoms with Gasteiger partial charge in [-0.2, -0.15) is 10.1 Å². The first kappa shape index (κ1) is 24.7. The van der Waals surface area contributed by atoms with E-state index in [9.17, 15) is 14.0 Å². The highest BCUT2D eigenvalue weighted by atomic mass is 35.5. The Morgan fingerprint density at radius 1 is 1.27 bits per heavy atom. The number of amides is 3. The van der Waals surface area contributed by atoms with Crippen LogP contribution in [-0.4, -0.2) is 43.8 Å². The molecular formula is C25H26ClFN8O2. The van der Waals surface area contributed by atoms with Crippen molar-refractivity contribution in [3.05, 3.63) is 65.8 Å². The second-order valence-electron chi connectivity index (χ2n) is 9.12. The highest BCUT2D eigenvalue weighted by Crippen LogP contribution is 2.36. The molecule has 3 amide bonds. The minimum absolute atomic E-state index is 0.102. The molecule has 2 N–H and O–H groups in total. The lowest BCUT2D eigenvalue weighted by Crippen LogP contribution is -2.55. The Hall–Kier alpha value is -3.99. The van der Waals surface area contributed by atoms with Gasteiger partial charge in [-0.05, 0) is 56.0 Å². The van der Waals surface area contributed by atoms with Gasteiger partial charge in [-0.1, -0.05) is 18.2 Å². The number of rotatable bonds is 6. The third-order valence-electron chi connectivity index (χ3n) is 6.55. The van der Waals surface area contributed by atoms with Gasteiger partial charge in [0.2, 0.25) is 11.9 Å². The van der Waals surface area contributed by atoms with Crippen LogP contribution in [0.15, 0.2) is 49.3 Å². The number of nitrogens with one attached hydrogen (secondary N) is 2. The SMILES string of the molecule is C=CC(=O)NC1CCCC(N2C(=O)N(c3ccc(F)cc3)Cc3cnc(Nc4cn(C)nc4Cl)nc32)C1. The molecule has 1 fully saturated rings. The molecule has 3 aromatic rings. The van der Waals surface area contributed by atoms with Crippen molar-refractivity contribution in [2.45, 2.75) is 44.3 Å². The van der Waals surface area contributed by atoms with E-state index in [0.717, 1.165) is 24.8 Å². The number of aryl methyl sites for hydroxylation is 1. The van der Waals surface area contributed by atoms with Crippen molar-refractivity contribution in [3.63, 3.8) is 0 Å². The van der Waals surface area contributed by atoms with Gasteiger partial charge in [-0.3, -0.25) is 19.3 Å². The number of carbonyl (C=O) groups is 2. The maximum atomic E-state index is 13.9. The zero-order valence-electron chi connectivity index (χ0n) is 20.2. The fourth-order valence-corrected chi connectivity index (χ4v) is 5.06. The van der Waals surface area contributed by atoms with Crippen molar-refractivity contribution in [1.29, 1.82) is 0 Å². The molecule has 0 spiro atoms. The van der Waals surface area contributed by atoms with Crippen LogP contribution in [-0.2, 0) is 18.4 Å². The molecule has 3 heterocycles. The van der Waals surface area contributed by atoms with E-state index in [2.05, 4.69) is 27.3 Å². The van der Waals surface area contributed by atoms with Crippen LogP contribution in [0, 0.1) is 5.82 Å². The summed E-state index contributed by atoms with van der Waals surface area (Å²) in [5, 5.41) is 10.4. The number of halogens is 2. The number of hydrogen-bond donors (Lipinski definition) is 2. The molecule has 0 saturated heterocycles. The lowest BCUT2D eigenvalue weighted by molar-refractivity contribution is -0.117. The van der Waals surface area contributed by atoms with Crippen LogP contribution in [0.3, 0.4) is 0 Å². The molecule has 1 saturated carbocycles. The molecule has 2 aromatic heterocycles. The highest BCUT2D eigenvalue weighted by molar-refractivity contribution is 6.32. The molecule has 2 unspecified atom stereocenters. The van der Waals surface area contributed by atoms with Gasteiger partial charge < -0.3 is 10.6 Å². The zero-order valence-corrected chi connectivity index (χ0v) is 21.0. The average molecular weight is 525 g/mol. The van der Waals surface area contributed by atoms with E-state index in [1.165, 1.54) is 18.2 Å². The van der Waals surface area contributed by atoms with Crippen molar-refractivity contribution in [1.82, 2.24) is 25.1 Å². The Labute approximate surface area is 218 Å². The summed E-state index contributed by atoms with van der Waals surface area (Å²) in [6, 6.07) is 5.20. The van der Waals surface area contributed by atoms with Crippen LogP contribution in [0.5, 0.6) is 0 Å². The van der Waals surface area contributed by atoms with E-state index in [-0.39, 0.29) is 47.5 Å². The monoisotopic (exact) mass is 524 g/mol. The molecule has 1 aliphatic carbocycles. The van der Waals surface area contributed by atoms with E-state index in [0.29, 0.717) is 23.6 Å². The topological polar surface area (TPSA) is 108 Å². The van der Waals surface area contributed by atoms with Crippen LogP contribution in [0.1, 0.15) is 31.2 Å². The van der Waals surface area contributed by atoms with Crippen molar-refractivity contribution in [2.24, 2.45) is 7.05 Å². The van der Waals surface area contributed by atoms with Gasteiger partial charge in [0.1, 0.15) is 11.6 Å². The van der Waals surface area contributed by atoms with Gasteiger partial charge in [-0.25, -0.2) is 14.2 Å². The molecule has 12 heteroatoms. The third kappa shape index (κ3) is 5.12. The Morgan fingerprint density at radius 3 is 2.76 bits per heavy atom. The fourth-order valence-electron chi connectivity index (χ4n) is 4.84. The number of benzene rings is 1. The maximum Gasteiger partial charge on any atom is 0.330 e. The molecule has 10 nitrogen and oxygen atoms in total. The Morgan fingerprint density at radius 2 is 2.05 bits per heavy atom. The number of fused-ring (bicyclic) bond motifs is 1. The number of carbonyl (C=O) groups excluding carboxylic acids is 2. The summed E-state index contributed by atoms with van der Waals surface area (Å²) in [5.41, 5.74) is 1.85. The van der Waals surface area contributed by atoms with Gasteiger partial charge in [0.05, 0.1) is 12.2 Å². The first-order valence-corrected chi connectivity index (χ1v) is 12.3. The second-order valence-corrected chi connectivity index (χ2v) is 9.48. The first-order chi connectivity index (χ1) is 17.8. The Kier molecular flexibility index (Phi) is 6.79. The predicted octanol–water partition coefficient (Wildman–Crippen LogP) is 4.31. The molecule has 5 rings (SSSR count). The van der Waals surface area contributed by atoms with Crippen LogP contribution < -0.4 is 20.4 Å². The van der Waals surface area contributed by atoms with Crippen molar-refractivity contribution >= 4 is 46.7 Å². The minimum atomic E-state index is -0.383. The molecule has 2 atom stereocenters. The van der Waals surface area contributed by atoms with E-state index in [4.69, 9.17) is 16.6 Å². The van der Waals surface area contributed by atoms with Gasteiger partial charge in [-0.15, -0.1) is 0 Å². The molecule has 0 bridgehead atoms. The summed E-state index contributed by atoms with van der Waals surface area (Å²) in [4.78, 5) is 38.3. The summed E-state index contributed by atoms with van der Waals surface area (Å²) < 4.78 is 15.2. The number of anilines is 4. The highest BCUT2D eigenvalue weighted by Gasteiger charge is 2.39. The van der Waals surface area contributed by atoms with E-state index >= 15 is 0 Å². The lowest BCUT2D eigenvalue weighted by atomic mass is 9.89. The van der Waals surface area contributed by atoms with Gasteiger partial charge in [0.15, 0.2) is 5.15 Å². The van der Waals surface area contributed by atoms with Crippen molar-refractivity contribution < 1.29 is 14.0 Å². The summed E-state index contributed by atoms with van der Waals surface area (Å²) in [6.07, 6.45) is 7.55. The minimum Gasteiger partial charge on any atom is -0.350 e. The van der Waals surface area contributed by atoms with Gasteiger partial charge >= 0.3 is 6.03 Å². The predicted molar refractivity (Wildman–Crippen MR) is 138 cm³/mol. The largest absolute Gasteiger partial charge is 0.350 e. The number of urea groups is 1. The van der Waals surface area contributed by atoms with Crippen molar-refractivity contribution in [2.75, 3.05) is 15.1 Å². The quantitative estimate of drug-likeness (QED) is 0.465. The third-order valence-corrected chi connectivity index (χ3v) is 6.83. The normalized spacial score (nSPS) is 19.4. The number of aromatic nitrogens is 4. The van der Waals surface area contributed by atoms with E-state index < -0.39 is 0 Å². The van der Waals surface area contributed by atoms with Gasteiger partial charge in [0, 0.05) is 42.8 Å². The van der Waals surface area contributed by atoms with Crippen molar-refractivity contribution in [3.8, 4) is 0 Å². The smallest absolute Gasteiger partial charge is 0.330 e.